The average molecular weight is 320 g/mol. The summed E-state index contributed by atoms with van der Waals surface area (Å²) in [4.78, 5) is 0. The molecule has 0 fully saturated rings. The second-order valence-electron chi connectivity index (χ2n) is 2.14. The molecule has 0 aromatic heterocycles. The molecule has 1 aliphatic heterocycles. The molecule has 0 radical (unpaired) electrons. The minimum atomic E-state index is 0. The predicted molar refractivity (Wildman–Crippen MR) is 43.2 cm³/mol. The minimum absolute atomic E-state index is 0. The molecule has 1 heterocycles. The van der Waals surface area contributed by atoms with E-state index < -0.39 is 0 Å². The van der Waals surface area contributed by atoms with Gasteiger partial charge in [0.05, 0.1) is 0 Å². The Kier molecular flexibility index (Phi) is 9.73. The van der Waals surface area contributed by atoms with Gasteiger partial charge in [-0.1, -0.05) is 12.1 Å². The molecule has 1 aromatic rings. The van der Waals surface area contributed by atoms with Crippen molar-refractivity contribution >= 4 is 23.1 Å². The Bertz CT molecular complexity index is 220. The van der Waals surface area contributed by atoms with Crippen molar-refractivity contribution in [3.05, 3.63) is 24.3 Å². The summed E-state index contributed by atoms with van der Waals surface area (Å²) in [6.45, 7) is 1.33. The molecule has 5 heteroatoms. The van der Waals surface area contributed by atoms with Gasteiger partial charge in [0.1, 0.15) is 13.2 Å². The molecule has 0 spiro atoms. The quantitative estimate of drug-likeness (QED) is 0.446. The maximum atomic E-state index is 5.30. The van der Waals surface area contributed by atoms with Gasteiger partial charge in [0.2, 0.25) is 0 Å². The predicted octanol–water partition coefficient (Wildman–Crippen LogP) is -4.91. The fourth-order valence-electron chi connectivity index (χ4n) is 0.992. The van der Waals surface area contributed by atoms with Crippen LogP contribution < -0.4 is 43.4 Å². The SMILES string of the molecule is [Br-].[Br-].[Mg+2].c1ccc2c(c1)OCCO2. The van der Waals surface area contributed by atoms with E-state index in [-0.39, 0.29) is 57.0 Å². The summed E-state index contributed by atoms with van der Waals surface area (Å²) in [6.07, 6.45) is 0. The molecule has 0 N–H and O–H groups in total. The summed E-state index contributed by atoms with van der Waals surface area (Å²) < 4.78 is 10.6. The number of halogens is 2. The van der Waals surface area contributed by atoms with E-state index in [1.165, 1.54) is 0 Å². The van der Waals surface area contributed by atoms with E-state index in [0.717, 1.165) is 11.5 Å². The van der Waals surface area contributed by atoms with Gasteiger partial charge in [-0.25, -0.2) is 0 Å². The van der Waals surface area contributed by atoms with E-state index in [2.05, 4.69) is 0 Å². The van der Waals surface area contributed by atoms with Crippen molar-refractivity contribution in [2.75, 3.05) is 13.2 Å². The Hall–Kier alpha value is 0.546. The van der Waals surface area contributed by atoms with Crippen molar-refractivity contribution < 1.29 is 43.4 Å². The van der Waals surface area contributed by atoms with Gasteiger partial charge in [-0.05, 0) is 12.1 Å². The van der Waals surface area contributed by atoms with Crippen molar-refractivity contribution in [2.24, 2.45) is 0 Å². The van der Waals surface area contributed by atoms with Crippen LogP contribution in [0.4, 0.5) is 0 Å². The third-order valence-corrected chi connectivity index (χ3v) is 1.45. The number of fused-ring (bicyclic) bond motifs is 1. The molecule has 2 rings (SSSR count). The van der Waals surface area contributed by atoms with E-state index in [1.54, 1.807) is 0 Å². The molecule has 0 unspecified atom stereocenters. The van der Waals surface area contributed by atoms with Crippen LogP contribution >= 0.6 is 0 Å². The molecule has 1 aliphatic rings. The monoisotopic (exact) mass is 318 g/mol. The number of hydrogen-bond acceptors (Lipinski definition) is 2. The first-order chi connectivity index (χ1) is 4.97. The van der Waals surface area contributed by atoms with Crippen LogP contribution in [0, 0.1) is 0 Å². The zero-order chi connectivity index (χ0) is 6.81. The molecule has 0 bridgehead atoms. The van der Waals surface area contributed by atoms with Crippen LogP contribution in [-0.4, -0.2) is 36.3 Å². The molecule has 0 aliphatic carbocycles. The molecule has 13 heavy (non-hydrogen) atoms. The van der Waals surface area contributed by atoms with Gasteiger partial charge in [-0.3, -0.25) is 0 Å². The van der Waals surface area contributed by atoms with Crippen molar-refractivity contribution in [1.29, 1.82) is 0 Å². The topological polar surface area (TPSA) is 18.5 Å². The van der Waals surface area contributed by atoms with Crippen LogP contribution in [0.5, 0.6) is 11.5 Å². The molecule has 0 amide bonds. The van der Waals surface area contributed by atoms with Gasteiger partial charge < -0.3 is 43.4 Å². The fourth-order valence-corrected chi connectivity index (χ4v) is 0.992. The Morgan fingerprint density at radius 1 is 0.846 bits per heavy atom. The number of benzene rings is 1. The van der Waals surface area contributed by atoms with E-state index in [1.807, 2.05) is 24.3 Å². The summed E-state index contributed by atoms with van der Waals surface area (Å²) in [5, 5.41) is 0. The van der Waals surface area contributed by atoms with E-state index in [4.69, 9.17) is 9.47 Å². The molecule has 2 nitrogen and oxygen atoms in total. The zero-order valence-corrected chi connectivity index (χ0v) is 11.6. The zero-order valence-electron chi connectivity index (χ0n) is 7.00. The van der Waals surface area contributed by atoms with Crippen molar-refractivity contribution in [3.8, 4) is 11.5 Å². The second-order valence-corrected chi connectivity index (χ2v) is 2.14. The molecule has 68 valence electrons. The second kappa shape index (κ2) is 7.90. The summed E-state index contributed by atoms with van der Waals surface area (Å²) in [5.41, 5.74) is 0. The van der Waals surface area contributed by atoms with Gasteiger partial charge in [0, 0.05) is 0 Å². The Balaban J connectivity index is 0. The Morgan fingerprint density at radius 3 is 1.62 bits per heavy atom. The van der Waals surface area contributed by atoms with Crippen LogP contribution in [0.15, 0.2) is 24.3 Å². The van der Waals surface area contributed by atoms with Gasteiger partial charge in [-0.2, -0.15) is 0 Å². The Morgan fingerprint density at radius 2 is 1.23 bits per heavy atom. The van der Waals surface area contributed by atoms with E-state index in [0.29, 0.717) is 13.2 Å². The van der Waals surface area contributed by atoms with E-state index in [9.17, 15) is 0 Å². The molecule has 1 aromatic carbocycles. The van der Waals surface area contributed by atoms with Crippen molar-refractivity contribution in [3.63, 3.8) is 0 Å². The summed E-state index contributed by atoms with van der Waals surface area (Å²) in [7, 11) is 0. The first kappa shape index (κ1) is 16.0. The van der Waals surface area contributed by atoms with Crippen molar-refractivity contribution in [2.45, 2.75) is 0 Å². The molecule has 0 saturated heterocycles. The average Bonchev–Trinajstić information content (AvgIpc) is 2.05. The maximum absolute atomic E-state index is 5.30. The maximum Gasteiger partial charge on any atom is 2.00 e. The smallest absolute Gasteiger partial charge is 1.00 e. The fraction of sp³-hybridized carbons (Fsp3) is 0.250. The largest absolute Gasteiger partial charge is 2.00 e. The van der Waals surface area contributed by atoms with Crippen LogP contribution in [-0.2, 0) is 0 Å². The van der Waals surface area contributed by atoms with Crippen LogP contribution in [0.3, 0.4) is 0 Å². The summed E-state index contributed by atoms with van der Waals surface area (Å²) >= 11 is 0. The molecule has 0 saturated carbocycles. The summed E-state index contributed by atoms with van der Waals surface area (Å²) in [5.74, 6) is 1.71. The van der Waals surface area contributed by atoms with Gasteiger partial charge >= 0.3 is 23.1 Å². The summed E-state index contributed by atoms with van der Waals surface area (Å²) in [6, 6.07) is 7.70. The third kappa shape index (κ3) is 4.06. The molecular formula is C8H8Br2MgO2. The van der Waals surface area contributed by atoms with Gasteiger partial charge in [0.15, 0.2) is 11.5 Å². The third-order valence-electron chi connectivity index (χ3n) is 1.45. The number of hydrogen-bond donors (Lipinski definition) is 0. The minimum Gasteiger partial charge on any atom is -1.00 e. The number of para-hydroxylation sites is 2. The standard InChI is InChI=1S/C8H8O2.2BrH.Mg/c1-2-4-8-7(3-1)9-5-6-10-8;;;/h1-4H,5-6H2;2*1H;/q;;;+2/p-2. The van der Waals surface area contributed by atoms with Crippen molar-refractivity contribution in [1.82, 2.24) is 0 Å². The normalized spacial score (nSPS) is 11.4. The first-order valence-electron chi connectivity index (χ1n) is 3.31. The Labute approximate surface area is 115 Å². The van der Waals surface area contributed by atoms with E-state index >= 15 is 0 Å². The number of rotatable bonds is 0. The van der Waals surface area contributed by atoms with Crippen LogP contribution in [0.2, 0.25) is 0 Å². The number of ether oxygens (including phenoxy) is 2. The van der Waals surface area contributed by atoms with Gasteiger partial charge in [0.25, 0.3) is 0 Å². The van der Waals surface area contributed by atoms with Crippen LogP contribution in [0.1, 0.15) is 0 Å². The van der Waals surface area contributed by atoms with Gasteiger partial charge in [-0.15, -0.1) is 0 Å². The molecular weight excluding hydrogens is 312 g/mol. The van der Waals surface area contributed by atoms with Crippen LogP contribution in [0.25, 0.3) is 0 Å². The molecule has 0 atom stereocenters. The first-order valence-corrected chi connectivity index (χ1v) is 3.31.